The van der Waals surface area contributed by atoms with Gasteiger partial charge in [0.1, 0.15) is 0 Å². The van der Waals surface area contributed by atoms with E-state index in [9.17, 15) is 92.2 Å². The van der Waals surface area contributed by atoms with E-state index in [1.165, 1.54) is 48.5 Å². The highest BCUT2D eigenvalue weighted by molar-refractivity contribution is 4.88. The van der Waals surface area contributed by atoms with Crippen molar-refractivity contribution in [1.82, 2.24) is 0 Å². The van der Waals surface area contributed by atoms with E-state index in [1.807, 2.05) is 27.7 Å². The van der Waals surface area contributed by atoms with Crippen molar-refractivity contribution in [1.29, 1.82) is 0 Å². The number of hydrogen-bond donors (Lipinski definition) is 0. The fourth-order valence-corrected chi connectivity index (χ4v) is 4.75. The van der Waals surface area contributed by atoms with Gasteiger partial charge in [-0.15, -0.1) is 0 Å². The van der Waals surface area contributed by atoms with Crippen LogP contribution in [0.2, 0.25) is 0 Å². The van der Waals surface area contributed by atoms with Gasteiger partial charge in [0.2, 0.25) is 0 Å². The van der Waals surface area contributed by atoms with Gasteiger partial charge in [0, 0.05) is 12.8 Å². The zero-order valence-electron chi connectivity index (χ0n) is 55.5. The monoisotopic (exact) mass is 1230 g/mol. The Morgan fingerprint density at radius 3 is 0.642 bits per heavy atom. The van der Waals surface area contributed by atoms with Crippen LogP contribution in [0.1, 0.15) is 253 Å². The number of rotatable bonds is 12. The molecule has 0 aromatic rings. The summed E-state index contributed by atoms with van der Waals surface area (Å²) in [5, 5.41) is 0. The largest absolute Gasteiger partial charge is 0.394 e. The van der Waals surface area contributed by atoms with Gasteiger partial charge in [0.15, 0.2) is 0 Å². The van der Waals surface area contributed by atoms with E-state index in [4.69, 9.17) is 0 Å². The van der Waals surface area contributed by atoms with E-state index in [-0.39, 0.29) is 41.4 Å². The molecule has 0 radical (unpaired) electrons. The van der Waals surface area contributed by atoms with Crippen molar-refractivity contribution < 1.29 is 92.2 Å². The van der Waals surface area contributed by atoms with Crippen LogP contribution in [-0.2, 0) is 0 Å². The van der Waals surface area contributed by atoms with Gasteiger partial charge < -0.3 is 0 Å². The summed E-state index contributed by atoms with van der Waals surface area (Å²) in [6, 6.07) is 0. The Morgan fingerprint density at radius 2 is 0.593 bits per heavy atom. The second kappa shape index (κ2) is 37.3. The Balaban J connectivity index is -0.000000125. The Kier molecular flexibility index (Phi) is 44.1. The maximum Gasteiger partial charge on any atom is 0.394 e. The Labute approximate surface area is 479 Å². The molecule has 0 bridgehead atoms. The first-order valence-electron chi connectivity index (χ1n) is 28.1. The molecule has 0 amide bonds. The summed E-state index contributed by atoms with van der Waals surface area (Å²) in [5.41, 5.74) is -3.66. The predicted octanol–water partition coefficient (Wildman–Crippen LogP) is 26.9. The molecule has 0 nitrogen and oxygen atoms in total. The summed E-state index contributed by atoms with van der Waals surface area (Å²) >= 11 is 0. The van der Waals surface area contributed by atoms with Crippen LogP contribution < -0.4 is 0 Å². The van der Waals surface area contributed by atoms with Crippen LogP contribution in [0.25, 0.3) is 0 Å². The topological polar surface area (TPSA) is 0 Å². The van der Waals surface area contributed by atoms with Gasteiger partial charge in [0.05, 0.1) is 28.6 Å². The lowest BCUT2D eigenvalue weighted by Crippen LogP contribution is -2.43. The van der Waals surface area contributed by atoms with Crippen molar-refractivity contribution in [2.75, 3.05) is 0 Å². The molecular formula is C60H115F21. The third kappa shape index (κ3) is 47.4. The molecule has 0 aromatic heterocycles. The molecule has 3 unspecified atom stereocenters. The van der Waals surface area contributed by atoms with Crippen LogP contribution in [0.5, 0.6) is 0 Å². The van der Waals surface area contributed by atoms with Crippen molar-refractivity contribution in [3.8, 4) is 0 Å². The van der Waals surface area contributed by atoms with Gasteiger partial charge in [-0.2, -0.15) is 92.2 Å². The molecule has 0 aliphatic rings. The number of alkyl halides is 21. The van der Waals surface area contributed by atoms with Crippen LogP contribution in [-0.4, -0.2) is 43.2 Å². The fraction of sp³-hybridized carbons (Fsp3) is 1.00. The maximum absolute atomic E-state index is 12.3. The first kappa shape index (κ1) is 95.9. The van der Waals surface area contributed by atoms with Gasteiger partial charge in [-0.1, -0.05) is 240 Å². The standard InChI is InChI=1S/3C8H15F3.C8H18.4C7H13F3/c1-6(2,3)7(4,5)8(9,10)11;2*1-5(2)6(3)7(4)8(9,10)11;1-7(2,3)8(4,5)6;1-5(2)6(3,4)7(8,9)10;1-4-6(2,3)5-7(8,9)10;1-4-5(2)6(3)7(8,9)10;1-3-6(4-2)5-7(8,9)10/h1-5H3;2*5-7H,1-4H3;1-6H3;5H,1-4H3;4-5H2,1-3H3;5-6H,4H2,1-3H3;6H,3-5H2,1-2H3/t;2*6-,7?;;;;5?,6-;/m.11...1./s1. The average molecular weight is 1240 g/mol. The minimum absolute atomic E-state index is 0.0895. The molecule has 0 heterocycles. The minimum Gasteiger partial charge on any atom is -0.171 e. The van der Waals surface area contributed by atoms with E-state index in [0.717, 1.165) is 0 Å². The second-order valence-corrected chi connectivity index (χ2v) is 27.6. The Morgan fingerprint density at radius 1 is 0.321 bits per heavy atom. The fourth-order valence-electron chi connectivity index (χ4n) is 4.75. The van der Waals surface area contributed by atoms with Gasteiger partial charge >= 0.3 is 43.2 Å². The van der Waals surface area contributed by atoms with Crippen LogP contribution in [0.3, 0.4) is 0 Å². The van der Waals surface area contributed by atoms with Crippen molar-refractivity contribution in [3.63, 3.8) is 0 Å². The predicted molar refractivity (Wildman–Crippen MR) is 295 cm³/mol. The Bertz CT molecular complexity index is 1450. The summed E-state index contributed by atoms with van der Waals surface area (Å²) in [5.74, 6) is -4.78. The molecule has 0 aliphatic heterocycles. The second-order valence-electron chi connectivity index (χ2n) is 27.6. The van der Waals surface area contributed by atoms with E-state index in [1.54, 1.807) is 96.9 Å². The lowest BCUT2D eigenvalue weighted by atomic mass is 9.69. The lowest BCUT2D eigenvalue weighted by molar-refractivity contribution is -0.243. The molecule has 0 rings (SSSR count). The van der Waals surface area contributed by atoms with E-state index in [0.29, 0.717) is 36.5 Å². The lowest BCUT2D eigenvalue weighted by Gasteiger charge is -2.40. The third-order valence-corrected chi connectivity index (χ3v) is 17.0. The van der Waals surface area contributed by atoms with Crippen LogP contribution in [0.15, 0.2) is 0 Å². The quantitative estimate of drug-likeness (QED) is 0.171. The summed E-state index contributed by atoms with van der Waals surface area (Å²) in [6.45, 7) is 52.7. The first-order chi connectivity index (χ1) is 34.6. The van der Waals surface area contributed by atoms with Gasteiger partial charge in [0.25, 0.3) is 0 Å². The number of halogens is 21. The first-order valence-corrected chi connectivity index (χ1v) is 28.1. The molecule has 502 valence electrons. The molecule has 6 atom stereocenters. The average Bonchev–Trinajstić information content (AvgIpc) is 3.21. The molecule has 21 heteroatoms. The van der Waals surface area contributed by atoms with Crippen LogP contribution in [0, 0.1) is 91.7 Å². The molecule has 0 aliphatic carbocycles. The van der Waals surface area contributed by atoms with Gasteiger partial charge in [-0.05, 0) is 63.1 Å². The molecular weight excluding hydrogens is 1120 g/mol. The molecule has 0 N–H and O–H groups in total. The number of hydrogen-bond acceptors (Lipinski definition) is 0. The smallest absolute Gasteiger partial charge is 0.171 e. The van der Waals surface area contributed by atoms with Crippen molar-refractivity contribution in [2.24, 2.45) is 91.7 Å². The molecule has 0 aromatic carbocycles. The van der Waals surface area contributed by atoms with Gasteiger partial charge in [-0.25, -0.2) is 0 Å². The molecule has 0 saturated carbocycles. The molecule has 0 fully saturated rings. The highest BCUT2D eigenvalue weighted by atomic mass is 19.4. The highest BCUT2D eigenvalue weighted by Crippen LogP contribution is 2.50. The Hall–Kier alpha value is -1.47. The van der Waals surface area contributed by atoms with E-state index >= 15 is 0 Å². The van der Waals surface area contributed by atoms with Crippen molar-refractivity contribution in [3.05, 3.63) is 0 Å². The highest BCUT2D eigenvalue weighted by Gasteiger charge is 2.54. The van der Waals surface area contributed by atoms with Gasteiger partial charge in [-0.3, -0.25) is 0 Å². The zero-order valence-corrected chi connectivity index (χ0v) is 55.5. The third-order valence-electron chi connectivity index (χ3n) is 17.0. The van der Waals surface area contributed by atoms with E-state index in [2.05, 4.69) is 41.5 Å². The summed E-state index contributed by atoms with van der Waals surface area (Å²) in [7, 11) is 0. The minimum atomic E-state index is -4.12. The van der Waals surface area contributed by atoms with Crippen molar-refractivity contribution >= 4 is 0 Å². The van der Waals surface area contributed by atoms with Crippen LogP contribution in [0.4, 0.5) is 92.2 Å². The molecule has 0 saturated heterocycles. The van der Waals surface area contributed by atoms with Crippen LogP contribution >= 0.6 is 0 Å². The summed E-state index contributed by atoms with van der Waals surface area (Å²) < 4.78 is 252. The summed E-state index contributed by atoms with van der Waals surface area (Å²) in [4.78, 5) is 0. The molecule has 81 heavy (non-hydrogen) atoms. The summed E-state index contributed by atoms with van der Waals surface area (Å²) in [6.07, 6.45) is -27.2. The normalized spacial score (nSPS) is 15.9. The zero-order chi connectivity index (χ0) is 68.5. The molecule has 0 spiro atoms. The maximum atomic E-state index is 12.3. The van der Waals surface area contributed by atoms with Crippen molar-refractivity contribution in [2.45, 2.75) is 296 Å². The van der Waals surface area contributed by atoms with E-state index < -0.39 is 95.5 Å². The SMILES string of the molecule is CC(C)(C)C(C)(C)C.CC(C)(C)C(C)(C)C(F)(F)F.CC(C)C(C)(C)C(F)(F)F.CC(C)[C@@H](C)C(C)C(F)(F)F.CC(C)[C@@H](C)C(C)C(F)(F)F.CCC(C)(C)CC(F)(F)F.CCC(C)[C@@H](C)C(F)(F)F.CCC(CC)CC(F)(F)F.